The fourth-order valence-corrected chi connectivity index (χ4v) is 4.76. The van der Waals surface area contributed by atoms with E-state index in [9.17, 15) is 4.79 Å². The molecule has 0 aliphatic carbocycles. The van der Waals surface area contributed by atoms with Gasteiger partial charge in [-0.05, 0) is 61.0 Å². The highest BCUT2D eigenvalue weighted by Crippen LogP contribution is 2.34. The molecule has 5 aromatic rings. The molecule has 8 nitrogen and oxygen atoms in total. The lowest BCUT2D eigenvalue weighted by Crippen LogP contribution is -2.24. The first kappa shape index (κ1) is 23.4. The minimum Gasteiger partial charge on any atom is -0.457 e. The summed E-state index contributed by atoms with van der Waals surface area (Å²) in [6.07, 6.45) is 5.08. The lowest BCUT2D eigenvalue weighted by molar-refractivity contribution is -0.114. The number of ether oxygens (including phenoxy) is 1. The fraction of sp³-hybridized carbons (Fsp3) is 0.133. The number of benzene rings is 3. The lowest BCUT2D eigenvalue weighted by atomic mass is 10.1. The Morgan fingerprint density at radius 1 is 1.05 bits per heavy atom. The normalized spacial score (nSPS) is 15.4. The second-order valence-electron chi connectivity index (χ2n) is 9.42. The number of hydrogen-bond donors (Lipinski definition) is 1. The number of nitrogens with zero attached hydrogens (tertiary/aromatic N) is 5. The number of aromatic nitrogens is 4. The summed E-state index contributed by atoms with van der Waals surface area (Å²) in [5.74, 6) is 1.99. The second kappa shape index (κ2) is 9.15. The minimum atomic E-state index is -0.0889. The molecule has 0 radical (unpaired) electrons. The predicted molar refractivity (Wildman–Crippen MR) is 150 cm³/mol. The molecule has 3 heterocycles. The third-order valence-corrected chi connectivity index (χ3v) is 6.92. The predicted octanol–water partition coefficient (Wildman–Crippen LogP) is 6.07. The van der Waals surface area contributed by atoms with E-state index in [1.807, 2.05) is 73.1 Å². The van der Waals surface area contributed by atoms with Crippen LogP contribution < -0.4 is 15.0 Å². The Morgan fingerprint density at radius 2 is 1.92 bits per heavy atom. The number of fused-ring (bicyclic) bond motifs is 2. The molecule has 1 atom stereocenters. The number of imidazole rings is 1. The third kappa shape index (κ3) is 4.06. The van der Waals surface area contributed by atoms with E-state index in [2.05, 4.69) is 33.4 Å². The molecule has 1 fully saturated rings. The van der Waals surface area contributed by atoms with Crippen molar-refractivity contribution >= 4 is 45.0 Å². The molecule has 0 bridgehead atoms. The van der Waals surface area contributed by atoms with E-state index in [0.29, 0.717) is 17.9 Å². The highest BCUT2D eigenvalue weighted by molar-refractivity contribution is 6.09. The summed E-state index contributed by atoms with van der Waals surface area (Å²) in [6.45, 7) is 10.3. The molecular weight excluding hydrogens is 476 g/mol. The number of nitrogens with one attached hydrogen (secondary N) is 1. The van der Waals surface area contributed by atoms with Crippen molar-refractivity contribution in [3.8, 4) is 11.5 Å². The first-order valence-electron chi connectivity index (χ1n) is 12.3. The Morgan fingerprint density at radius 3 is 2.71 bits per heavy atom. The van der Waals surface area contributed by atoms with Crippen LogP contribution in [0, 0.1) is 12.8 Å². The van der Waals surface area contributed by atoms with E-state index in [-0.39, 0.29) is 11.8 Å². The van der Waals surface area contributed by atoms with Gasteiger partial charge in [0.05, 0.1) is 22.9 Å². The summed E-state index contributed by atoms with van der Waals surface area (Å²) in [5.41, 5.74) is 5.86. The summed E-state index contributed by atoms with van der Waals surface area (Å²) < 4.78 is 8.13. The van der Waals surface area contributed by atoms with Gasteiger partial charge in [0, 0.05) is 47.9 Å². The molecule has 1 aliphatic heterocycles. The zero-order valence-corrected chi connectivity index (χ0v) is 21.2. The van der Waals surface area contributed by atoms with E-state index in [1.54, 1.807) is 17.3 Å². The summed E-state index contributed by atoms with van der Waals surface area (Å²) in [7, 11) is 1.97. The maximum absolute atomic E-state index is 12.8. The van der Waals surface area contributed by atoms with Gasteiger partial charge in [0.25, 0.3) is 5.91 Å². The summed E-state index contributed by atoms with van der Waals surface area (Å²) in [5, 5.41) is 4.22. The van der Waals surface area contributed by atoms with Crippen molar-refractivity contribution in [2.45, 2.75) is 6.92 Å². The van der Waals surface area contributed by atoms with Crippen molar-refractivity contribution in [1.82, 2.24) is 19.5 Å². The molecule has 1 amide bonds. The summed E-state index contributed by atoms with van der Waals surface area (Å²) >= 11 is 0. The van der Waals surface area contributed by atoms with Crippen molar-refractivity contribution in [2.75, 3.05) is 16.8 Å². The molecular formula is C30H26N6O2. The summed E-state index contributed by atoms with van der Waals surface area (Å²) in [4.78, 5) is 27.8. The highest BCUT2D eigenvalue weighted by atomic mass is 16.5. The Bertz CT molecular complexity index is 1760. The number of carbonyl (C=O) groups excluding carboxylic acids is 1. The maximum Gasteiger partial charge on any atom is 0.254 e. The van der Waals surface area contributed by atoms with Crippen LogP contribution in [0.15, 0.2) is 92.1 Å². The quantitative estimate of drug-likeness (QED) is 0.224. The summed E-state index contributed by atoms with van der Waals surface area (Å²) in [6, 6.07) is 17.5. The van der Waals surface area contributed by atoms with Crippen LogP contribution in [-0.4, -0.2) is 32.0 Å². The van der Waals surface area contributed by atoms with Crippen molar-refractivity contribution in [2.24, 2.45) is 13.0 Å². The smallest absolute Gasteiger partial charge is 0.254 e. The largest absolute Gasteiger partial charge is 0.457 e. The van der Waals surface area contributed by atoms with Gasteiger partial charge in [-0.1, -0.05) is 12.7 Å². The Kier molecular flexibility index (Phi) is 5.64. The van der Waals surface area contributed by atoms with Gasteiger partial charge < -0.3 is 19.5 Å². The first-order valence-corrected chi connectivity index (χ1v) is 12.3. The number of rotatable bonds is 6. The van der Waals surface area contributed by atoms with E-state index >= 15 is 0 Å². The van der Waals surface area contributed by atoms with Crippen LogP contribution in [0.25, 0.3) is 21.9 Å². The van der Waals surface area contributed by atoms with Crippen LogP contribution in [0.4, 0.5) is 17.2 Å². The number of aryl methyl sites for hydroxylation is 2. The minimum absolute atomic E-state index is 0.0580. The van der Waals surface area contributed by atoms with E-state index in [4.69, 9.17) is 4.74 Å². The third-order valence-electron chi connectivity index (χ3n) is 6.92. The fourth-order valence-electron chi connectivity index (χ4n) is 4.76. The average molecular weight is 503 g/mol. The van der Waals surface area contributed by atoms with Crippen LogP contribution in [0.1, 0.15) is 5.56 Å². The number of carbonyl (C=O) groups is 1. The van der Waals surface area contributed by atoms with Gasteiger partial charge in [-0.15, -0.1) is 6.58 Å². The molecule has 1 saturated heterocycles. The van der Waals surface area contributed by atoms with Crippen molar-refractivity contribution < 1.29 is 9.53 Å². The van der Waals surface area contributed by atoms with Crippen LogP contribution >= 0.6 is 0 Å². The first-order chi connectivity index (χ1) is 18.4. The number of anilines is 3. The van der Waals surface area contributed by atoms with Crippen molar-refractivity contribution in [1.29, 1.82) is 0 Å². The average Bonchev–Trinajstić information content (AvgIpc) is 3.44. The topological polar surface area (TPSA) is 85.2 Å². The van der Waals surface area contributed by atoms with Gasteiger partial charge in [-0.25, -0.2) is 15.0 Å². The Balaban J connectivity index is 1.26. The van der Waals surface area contributed by atoms with Crippen LogP contribution in [0.5, 0.6) is 11.5 Å². The van der Waals surface area contributed by atoms with E-state index in [0.717, 1.165) is 50.4 Å². The zero-order chi connectivity index (χ0) is 26.4. The van der Waals surface area contributed by atoms with Gasteiger partial charge in [-0.3, -0.25) is 4.79 Å². The van der Waals surface area contributed by atoms with Gasteiger partial charge in [-0.2, -0.15) is 0 Å². The zero-order valence-electron chi connectivity index (χ0n) is 21.2. The Hall–Kier alpha value is -4.98. The monoisotopic (exact) mass is 502 g/mol. The molecule has 3 aromatic carbocycles. The van der Waals surface area contributed by atoms with E-state index in [1.165, 1.54) is 6.33 Å². The molecule has 0 spiro atoms. The lowest BCUT2D eigenvalue weighted by Gasteiger charge is -2.17. The van der Waals surface area contributed by atoms with Crippen LogP contribution in [-0.2, 0) is 11.8 Å². The van der Waals surface area contributed by atoms with Gasteiger partial charge in [0.1, 0.15) is 23.6 Å². The second-order valence-corrected chi connectivity index (χ2v) is 9.42. The molecule has 8 heteroatoms. The standard InChI is InChI=1S/C30H26N6O2/c1-5-20-15-36(30(37)19(20)3)22-7-9-25-24(13-22)29(32-16-31-25)34-21-6-11-28(18(2)12-21)38-23-8-10-27-26(14-23)33-17-35(27)4/h5-14,16-17,20H,1,3,15H2,2,4H3,(H,31,32,34)/t20-/m1/s1. The molecule has 0 saturated carbocycles. The Labute approximate surface area is 219 Å². The molecule has 38 heavy (non-hydrogen) atoms. The molecule has 1 aliphatic rings. The number of hydrogen-bond acceptors (Lipinski definition) is 6. The van der Waals surface area contributed by atoms with E-state index < -0.39 is 0 Å². The van der Waals surface area contributed by atoms with Gasteiger partial charge >= 0.3 is 0 Å². The van der Waals surface area contributed by atoms with Crippen LogP contribution in [0.2, 0.25) is 0 Å². The maximum atomic E-state index is 12.8. The molecule has 2 aromatic heterocycles. The molecule has 188 valence electrons. The molecule has 0 unspecified atom stereocenters. The highest BCUT2D eigenvalue weighted by Gasteiger charge is 2.32. The van der Waals surface area contributed by atoms with Crippen LogP contribution in [0.3, 0.4) is 0 Å². The molecule has 6 rings (SSSR count). The van der Waals surface area contributed by atoms with Gasteiger partial charge in [0.15, 0.2) is 0 Å². The van der Waals surface area contributed by atoms with Gasteiger partial charge in [0.2, 0.25) is 0 Å². The van der Waals surface area contributed by atoms with Crippen molar-refractivity contribution in [3.63, 3.8) is 0 Å². The number of amides is 1. The SMILES string of the molecule is C=C[C@@H]1CN(c2ccc3ncnc(Nc4ccc(Oc5ccc6c(c5)ncn6C)c(C)c4)c3c2)C(=O)C1=C. The van der Waals surface area contributed by atoms with Crippen molar-refractivity contribution in [3.05, 3.63) is 97.6 Å². The molecule has 1 N–H and O–H groups in total.